The third kappa shape index (κ3) is 4.92. The van der Waals surface area contributed by atoms with Gasteiger partial charge in [0.05, 0.1) is 22.4 Å². The first-order valence-electron chi connectivity index (χ1n) is 10.3. The van der Waals surface area contributed by atoms with Gasteiger partial charge in [-0.3, -0.25) is 14.4 Å². The summed E-state index contributed by atoms with van der Waals surface area (Å²) >= 11 is 5.90. The van der Waals surface area contributed by atoms with Crippen molar-refractivity contribution in [2.75, 3.05) is 23.4 Å². The molecule has 0 atom stereocenters. The normalized spacial score (nSPS) is 12.4. The monoisotopic (exact) mass is 478 g/mol. The second-order valence-electron chi connectivity index (χ2n) is 7.38. The molecule has 3 amide bonds. The molecule has 3 aromatic carbocycles. The van der Waals surface area contributed by atoms with Crippen LogP contribution in [0.5, 0.6) is 5.75 Å². The molecule has 1 N–H and O–H groups in total. The maximum Gasteiger partial charge on any atom is 0.338 e. The van der Waals surface area contributed by atoms with Crippen LogP contribution >= 0.6 is 11.6 Å². The van der Waals surface area contributed by atoms with Crippen LogP contribution in [-0.4, -0.2) is 36.9 Å². The summed E-state index contributed by atoms with van der Waals surface area (Å²) in [6.45, 7) is 1.49. The van der Waals surface area contributed by atoms with E-state index in [0.717, 1.165) is 4.90 Å². The van der Waals surface area contributed by atoms with Gasteiger partial charge >= 0.3 is 5.97 Å². The Kier molecular flexibility index (Phi) is 6.60. The zero-order valence-electron chi connectivity index (χ0n) is 18.0. The first kappa shape index (κ1) is 23.0. The van der Waals surface area contributed by atoms with E-state index in [4.69, 9.17) is 21.1 Å². The fourth-order valence-electron chi connectivity index (χ4n) is 3.43. The Bertz CT molecular complexity index is 1290. The van der Waals surface area contributed by atoms with Gasteiger partial charge in [-0.2, -0.15) is 0 Å². The molecule has 0 saturated heterocycles. The number of amides is 3. The highest BCUT2D eigenvalue weighted by atomic mass is 35.5. The topological polar surface area (TPSA) is 102 Å². The van der Waals surface area contributed by atoms with E-state index in [1.54, 1.807) is 48.5 Å². The van der Waals surface area contributed by atoms with Crippen molar-refractivity contribution < 1.29 is 28.7 Å². The number of nitrogens with one attached hydrogen (secondary N) is 1. The third-order valence-electron chi connectivity index (χ3n) is 4.95. The molecule has 3 aromatic rings. The highest BCUT2D eigenvalue weighted by Gasteiger charge is 2.37. The summed E-state index contributed by atoms with van der Waals surface area (Å²) in [7, 11) is 0. The minimum atomic E-state index is -0.643. The lowest BCUT2D eigenvalue weighted by atomic mass is 10.1. The number of hydrogen-bond donors (Lipinski definition) is 1. The van der Waals surface area contributed by atoms with Crippen molar-refractivity contribution in [3.8, 4) is 5.75 Å². The maximum atomic E-state index is 12.9. The van der Waals surface area contributed by atoms with E-state index in [1.165, 1.54) is 25.1 Å². The lowest BCUT2D eigenvalue weighted by Crippen LogP contribution is -2.29. The average molecular weight is 479 g/mol. The van der Waals surface area contributed by atoms with Crippen LogP contribution in [0.25, 0.3) is 0 Å². The Hall–Kier alpha value is -4.17. The van der Waals surface area contributed by atoms with E-state index < -0.39 is 17.8 Å². The highest BCUT2D eigenvalue weighted by Crippen LogP contribution is 2.30. The number of benzene rings is 3. The number of fused-ring (bicyclic) bond motifs is 1. The molecule has 4 rings (SSSR count). The van der Waals surface area contributed by atoms with Gasteiger partial charge in [-0.05, 0) is 60.7 Å². The molecule has 34 heavy (non-hydrogen) atoms. The first-order chi connectivity index (χ1) is 16.3. The third-order valence-corrected chi connectivity index (χ3v) is 5.18. The average Bonchev–Trinajstić information content (AvgIpc) is 3.06. The Morgan fingerprint density at radius 2 is 1.65 bits per heavy atom. The number of anilines is 2. The van der Waals surface area contributed by atoms with Crippen LogP contribution in [0.3, 0.4) is 0 Å². The SMILES string of the molecule is CC(=O)Nc1ccc(N2C(=O)c3ccc(C(=O)OCCOc4cccc(Cl)c4)cc3C2=O)cc1. The first-order valence-corrected chi connectivity index (χ1v) is 10.7. The molecule has 172 valence electrons. The number of halogens is 1. The van der Waals surface area contributed by atoms with E-state index in [9.17, 15) is 19.2 Å². The molecule has 0 bridgehead atoms. The van der Waals surface area contributed by atoms with Gasteiger partial charge in [-0.15, -0.1) is 0 Å². The second kappa shape index (κ2) is 9.76. The second-order valence-corrected chi connectivity index (χ2v) is 7.81. The standard InChI is InChI=1S/C25H19ClN2O6/c1-15(29)27-18-6-8-19(9-7-18)28-23(30)21-10-5-16(13-22(21)24(28)31)25(32)34-12-11-33-20-4-2-3-17(26)14-20/h2-10,13-14H,11-12H2,1H3,(H,27,29). The summed E-state index contributed by atoms with van der Waals surface area (Å²) in [6, 6.07) is 17.4. The van der Waals surface area contributed by atoms with E-state index >= 15 is 0 Å². The van der Waals surface area contributed by atoms with Crippen LogP contribution in [0, 0.1) is 0 Å². The number of carbonyl (C=O) groups excluding carboxylic acids is 4. The smallest absolute Gasteiger partial charge is 0.338 e. The van der Waals surface area contributed by atoms with Crippen LogP contribution in [0.1, 0.15) is 38.0 Å². The molecule has 0 fully saturated rings. The fourth-order valence-corrected chi connectivity index (χ4v) is 3.61. The van der Waals surface area contributed by atoms with E-state index in [2.05, 4.69) is 5.32 Å². The molecule has 1 aliphatic heterocycles. The van der Waals surface area contributed by atoms with Crippen molar-refractivity contribution in [2.24, 2.45) is 0 Å². The van der Waals surface area contributed by atoms with Gasteiger partial charge in [0.1, 0.15) is 19.0 Å². The predicted octanol–water partition coefficient (Wildman–Crippen LogP) is 4.33. The minimum absolute atomic E-state index is 0.0118. The number of rotatable bonds is 7. The van der Waals surface area contributed by atoms with Crippen molar-refractivity contribution in [1.82, 2.24) is 0 Å². The molecule has 8 nitrogen and oxygen atoms in total. The number of carbonyl (C=O) groups is 4. The number of hydrogen-bond acceptors (Lipinski definition) is 6. The molecule has 0 radical (unpaired) electrons. The summed E-state index contributed by atoms with van der Waals surface area (Å²) in [6.07, 6.45) is 0. The van der Waals surface area contributed by atoms with Gasteiger partial charge < -0.3 is 14.8 Å². The van der Waals surface area contributed by atoms with Gasteiger partial charge in [0.25, 0.3) is 11.8 Å². The molecule has 0 aromatic heterocycles. The minimum Gasteiger partial charge on any atom is -0.490 e. The summed E-state index contributed by atoms with van der Waals surface area (Å²) in [5, 5.41) is 3.15. The summed E-state index contributed by atoms with van der Waals surface area (Å²) in [4.78, 5) is 50.4. The Balaban J connectivity index is 1.41. The van der Waals surface area contributed by atoms with Gasteiger partial charge in [0.2, 0.25) is 5.91 Å². The van der Waals surface area contributed by atoms with Crippen molar-refractivity contribution >= 4 is 46.7 Å². The fraction of sp³-hybridized carbons (Fsp3) is 0.120. The van der Waals surface area contributed by atoms with Gasteiger partial charge in [-0.1, -0.05) is 17.7 Å². The highest BCUT2D eigenvalue weighted by molar-refractivity contribution is 6.34. The molecule has 9 heteroatoms. The van der Waals surface area contributed by atoms with E-state index in [-0.39, 0.29) is 35.8 Å². The maximum absolute atomic E-state index is 12.9. The van der Waals surface area contributed by atoms with Crippen molar-refractivity contribution in [3.05, 3.63) is 88.4 Å². The van der Waals surface area contributed by atoms with E-state index in [1.807, 2.05) is 0 Å². The quantitative estimate of drug-likeness (QED) is 0.308. The Labute approximate surface area is 200 Å². The zero-order chi connectivity index (χ0) is 24.2. The molecule has 1 heterocycles. The van der Waals surface area contributed by atoms with Gasteiger partial charge in [-0.25, -0.2) is 9.69 Å². The number of imide groups is 1. The van der Waals surface area contributed by atoms with Crippen LogP contribution in [0.15, 0.2) is 66.7 Å². The van der Waals surface area contributed by atoms with Crippen LogP contribution in [-0.2, 0) is 9.53 Å². The molecule has 0 aliphatic carbocycles. The van der Waals surface area contributed by atoms with Crippen molar-refractivity contribution in [1.29, 1.82) is 0 Å². The lowest BCUT2D eigenvalue weighted by Gasteiger charge is -2.14. The van der Waals surface area contributed by atoms with Gasteiger partial charge in [0.15, 0.2) is 0 Å². The summed E-state index contributed by atoms with van der Waals surface area (Å²) < 4.78 is 10.7. The zero-order valence-corrected chi connectivity index (χ0v) is 18.8. The number of nitrogens with zero attached hydrogens (tertiary/aromatic N) is 1. The largest absolute Gasteiger partial charge is 0.490 e. The summed E-state index contributed by atoms with van der Waals surface area (Å²) in [5.41, 5.74) is 1.34. The van der Waals surface area contributed by atoms with Crippen molar-refractivity contribution in [2.45, 2.75) is 6.92 Å². The van der Waals surface area contributed by atoms with Crippen LogP contribution in [0.4, 0.5) is 11.4 Å². The number of ether oxygens (including phenoxy) is 2. The summed E-state index contributed by atoms with van der Waals surface area (Å²) in [5.74, 6) is -1.37. The lowest BCUT2D eigenvalue weighted by molar-refractivity contribution is -0.114. The molecule has 0 spiro atoms. The van der Waals surface area contributed by atoms with Gasteiger partial charge in [0, 0.05) is 17.6 Å². The molecule has 0 unspecified atom stereocenters. The molecular formula is C25H19ClN2O6. The molecule has 0 saturated carbocycles. The predicted molar refractivity (Wildman–Crippen MR) is 126 cm³/mol. The molecule has 1 aliphatic rings. The van der Waals surface area contributed by atoms with Crippen molar-refractivity contribution in [3.63, 3.8) is 0 Å². The Morgan fingerprint density at radius 1 is 0.912 bits per heavy atom. The van der Waals surface area contributed by atoms with Crippen LogP contribution < -0.4 is 15.0 Å². The molecular weight excluding hydrogens is 460 g/mol. The van der Waals surface area contributed by atoms with Crippen LogP contribution in [0.2, 0.25) is 5.02 Å². The van der Waals surface area contributed by atoms with E-state index in [0.29, 0.717) is 22.1 Å². The Morgan fingerprint density at radius 3 is 2.35 bits per heavy atom. The number of esters is 1.